The number of rotatable bonds is 3. The fourth-order valence-corrected chi connectivity index (χ4v) is 1.22. The van der Waals surface area contributed by atoms with Crippen LogP contribution in [0.2, 0.25) is 0 Å². The van der Waals surface area contributed by atoms with Gasteiger partial charge < -0.3 is 4.74 Å². The summed E-state index contributed by atoms with van der Waals surface area (Å²) in [6, 6.07) is 2.00. The van der Waals surface area contributed by atoms with E-state index in [1.165, 1.54) is 5.56 Å². The molecule has 0 aromatic carbocycles. The highest BCUT2D eigenvalue weighted by molar-refractivity contribution is 5.28. The summed E-state index contributed by atoms with van der Waals surface area (Å²) in [7, 11) is 0. The molecule has 1 aromatic heterocycles. The van der Waals surface area contributed by atoms with Crippen LogP contribution in [0, 0.1) is 18.8 Å². The molecule has 0 radical (unpaired) electrons. The summed E-state index contributed by atoms with van der Waals surface area (Å²) in [5, 5.41) is 0. The number of aromatic nitrogens is 1. The molecule has 74 valence electrons. The van der Waals surface area contributed by atoms with Crippen molar-refractivity contribution in [1.82, 2.24) is 4.98 Å². The maximum Gasteiger partial charge on any atom is 0.149 e. The summed E-state index contributed by atoms with van der Waals surface area (Å²) in [5.41, 5.74) is 2.30. The quantitative estimate of drug-likeness (QED) is 0.681. The van der Waals surface area contributed by atoms with E-state index in [-0.39, 0.29) is 0 Å². The van der Waals surface area contributed by atoms with Crippen molar-refractivity contribution >= 4 is 0 Å². The van der Waals surface area contributed by atoms with Crippen LogP contribution < -0.4 is 4.74 Å². The minimum absolute atomic E-state index is 0.434. The van der Waals surface area contributed by atoms with Crippen LogP contribution >= 0.6 is 0 Å². The Morgan fingerprint density at radius 1 is 1.50 bits per heavy atom. The summed E-state index contributed by atoms with van der Waals surface area (Å²) in [6.45, 7) is 6.37. The van der Waals surface area contributed by atoms with Crippen molar-refractivity contribution in [1.29, 1.82) is 0 Å². The normalized spacial score (nSPS) is 9.07. The van der Waals surface area contributed by atoms with Gasteiger partial charge in [0.15, 0.2) is 0 Å². The van der Waals surface area contributed by atoms with Crippen molar-refractivity contribution in [2.75, 3.05) is 6.61 Å². The summed E-state index contributed by atoms with van der Waals surface area (Å²) in [4.78, 5) is 4.30. The molecule has 0 fully saturated rings. The van der Waals surface area contributed by atoms with Gasteiger partial charge in [0.05, 0.1) is 6.20 Å². The van der Waals surface area contributed by atoms with Crippen molar-refractivity contribution in [2.45, 2.75) is 27.2 Å². The third-order valence-corrected chi connectivity index (χ3v) is 1.98. The van der Waals surface area contributed by atoms with E-state index in [9.17, 15) is 0 Å². The topological polar surface area (TPSA) is 22.1 Å². The van der Waals surface area contributed by atoms with Crippen molar-refractivity contribution in [3.05, 3.63) is 23.5 Å². The molecule has 1 heterocycles. The maximum absolute atomic E-state index is 5.39. The molecular weight excluding hydrogens is 174 g/mol. The Kier molecular flexibility index (Phi) is 4.00. The number of aryl methyl sites for hydroxylation is 2. The van der Waals surface area contributed by atoms with Crippen molar-refractivity contribution < 1.29 is 4.74 Å². The maximum atomic E-state index is 5.39. The number of hydrogen-bond donors (Lipinski definition) is 0. The van der Waals surface area contributed by atoms with Crippen LogP contribution in [0.15, 0.2) is 12.3 Å². The van der Waals surface area contributed by atoms with Gasteiger partial charge in [-0.1, -0.05) is 12.8 Å². The average molecular weight is 189 g/mol. The molecule has 0 bridgehead atoms. The van der Waals surface area contributed by atoms with E-state index in [0.717, 1.165) is 17.9 Å². The summed E-state index contributed by atoms with van der Waals surface area (Å²) >= 11 is 0. The summed E-state index contributed by atoms with van der Waals surface area (Å²) < 4.78 is 5.39. The summed E-state index contributed by atoms with van der Waals surface area (Å²) in [6.07, 6.45) is 2.71. The highest BCUT2D eigenvalue weighted by Gasteiger charge is 1.99. The predicted octanol–water partition coefficient (Wildman–Crippen LogP) is 2.35. The molecule has 14 heavy (non-hydrogen) atoms. The van der Waals surface area contributed by atoms with Crippen molar-refractivity contribution in [2.24, 2.45) is 0 Å². The molecule has 1 aromatic rings. The number of hydrogen-bond acceptors (Lipinski definition) is 2. The van der Waals surface area contributed by atoms with Gasteiger partial charge in [0.25, 0.3) is 0 Å². The first-order valence-electron chi connectivity index (χ1n) is 4.75. The third-order valence-electron chi connectivity index (χ3n) is 1.98. The molecule has 0 aliphatic carbocycles. The van der Waals surface area contributed by atoms with Gasteiger partial charge in [-0.3, -0.25) is 4.98 Å². The summed E-state index contributed by atoms with van der Waals surface area (Å²) in [5.74, 6) is 6.42. The lowest BCUT2D eigenvalue weighted by atomic mass is 10.2. The van der Waals surface area contributed by atoms with Crippen LogP contribution in [0.4, 0.5) is 0 Å². The van der Waals surface area contributed by atoms with Crippen LogP contribution in [0.3, 0.4) is 0 Å². The Labute approximate surface area is 85.3 Å². The predicted molar refractivity (Wildman–Crippen MR) is 57.3 cm³/mol. The number of nitrogens with zero attached hydrogens (tertiary/aromatic N) is 1. The zero-order valence-electron chi connectivity index (χ0n) is 8.92. The molecule has 0 unspecified atom stereocenters. The zero-order chi connectivity index (χ0) is 10.4. The monoisotopic (exact) mass is 189 g/mol. The fourth-order valence-electron chi connectivity index (χ4n) is 1.22. The van der Waals surface area contributed by atoms with Crippen LogP contribution in [-0.2, 0) is 6.42 Å². The second-order valence-corrected chi connectivity index (χ2v) is 3.00. The first-order chi connectivity index (χ1) is 6.77. The van der Waals surface area contributed by atoms with E-state index in [2.05, 4.69) is 23.7 Å². The Morgan fingerprint density at radius 3 is 2.86 bits per heavy atom. The minimum atomic E-state index is 0.434. The van der Waals surface area contributed by atoms with Gasteiger partial charge in [-0.15, -0.1) is 5.92 Å². The van der Waals surface area contributed by atoms with Crippen LogP contribution in [0.25, 0.3) is 0 Å². The van der Waals surface area contributed by atoms with Gasteiger partial charge in [-0.25, -0.2) is 0 Å². The Balaban J connectivity index is 2.69. The third kappa shape index (κ3) is 2.77. The molecule has 0 N–H and O–H groups in total. The highest BCUT2D eigenvalue weighted by atomic mass is 16.5. The largest absolute Gasteiger partial charge is 0.479 e. The van der Waals surface area contributed by atoms with Crippen LogP contribution in [-0.4, -0.2) is 11.6 Å². The lowest BCUT2D eigenvalue weighted by Gasteiger charge is -2.05. The van der Waals surface area contributed by atoms with E-state index < -0.39 is 0 Å². The Hall–Kier alpha value is -1.49. The molecule has 0 spiro atoms. The number of ether oxygens (including phenoxy) is 1. The average Bonchev–Trinajstić information content (AvgIpc) is 2.18. The van der Waals surface area contributed by atoms with Gasteiger partial charge >= 0.3 is 0 Å². The molecule has 1 rings (SSSR count). The van der Waals surface area contributed by atoms with Gasteiger partial charge in [0.2, 0.25) is 0 Å². The molecule has 2 nitrogen and oxygen atoms in total. The second kappa shape index (κ2) is 5.29. The van der Waals surface area contributed by atoms with Gasteiger partial charge in [-0.2, -0.15) is 0 Å². The van der Waals surface area contributed by atoms with E-state index in [1.54, 1.807) is 13.1 Å². The van der Waals surface area contributed by atoms with E-state index >= 15 is 0 Å². The first kappa shape index (κ1) is 10.6. The van der Waals surface area contributed by atoms with Crippen LogP contribution in [0.1, 0.15) is 25.1 Å². The smallest absolute Gasteiger partial charge is 0.149 e. The molecule has 0 amide bonds. The Morgan fingerprint density at radius 2 is 2.29 bits per heavy atom. The van der Waals surface area contributed by atoms with E-state index in [4.69, 9.17) is 4.74 Å². The van der Waals surface area contributed by atoms with Crippen molar-refractivity contribution in [3.63, 3.8) is 0 Å². The Bertz CT molecular complexity index is 360. The molecule has 0 atom stereocenters. The second-order valence-electron chi connectivity index (χ2n) is 3.00. The molecule has 0 aliphatic rings. The molecular formula is C12H15NO. The van der Waals surface area contributed by atoms with E-state index in [1.807, 2.05) is 13.0 Å². The highest BCUT2D eigenvalue weighted by Crippen LogP contribution is 2.14. The SMILES string of the molecule is CC#CCOc1cnc(CC)c(C)c1. The van der Waals surface area contributed by atoms with Gasteiger partial charge in [0, 0.05) is 5.69 Å². The lowest BCUT2D eigenvalue weighted by Crippen LogP contribution is -1.97. The molecule has 2 heteroatoms. The lowest BCUT2D eigenvalue weighted by molar-refractivity contribution is 0.368. The standard InChI is InChI=1S/C12H15NO/c1-4-6-7-14-11-8-10(3)12(5-2)13-9-11/h8-9H,5,7H2,1-3H3. The molecule has 0 saturated carbocycles. The van der Waals surface area contributed by atoms with Gasteiger partial charge in [-0.05, 0) is 31.9 Å². The van der Waals surface area contributed by atoms with Crippen molar-refractivity contribution in [3.8, 4) is 17.6 Å². The zero-order valence-corrected chi connectivity index (χ0v) is 8.92. The molecule has 0 saturated heterocycles. The van der Waals surface area contributed by atoms with E-state index in [0.29, 0.717) is 6.61 Å². The first-order valence-corrected chi connectivity index (χ1v) is 4.75. The number of pyridine rings is 1. The van der Waals surface area contributed by atoms with Gasteiger partial charge in [0.1, 0.15) is 12.4 Å². The fraction of sp³-hybridized carbons (Fsp3) is 0.417. The van der Waals surface area contributed by atoms with Crippen LogP contribution in [0.5, 0.6) is 5.75 Å². The minimum Gasteiger partial charge on any atom is -0.479 e. The molecule has 0 aliphatic heterocycles.